The van der Waals surface area contributed by atoms with Crippen LogP contribution in [0.2, 0.25) is 0 Å². The van der Waals surface area contributed by atoms with Gasteiger partial charge in [-0.25, -0.2) is 4.98 Å². The van der Waals surface area contributed by atoms with Gasteiger partial charge in [0.1, 0.15) is 10.7 Å². The molecule has 0 aliphatic carbocycles. The number of benzene rings is 1. The van der Waals surface area contributed by atoms with Crippen LogP contribution in [-0.4, -0.2) is 27.9 Å². The minimum Gasteiger partial charge on any atom is -0.463 e. The molecular formula is C17H20N4O5S. The van der Waals surface area contributed by atoms with Crippen molar-refractivity contribution < 1.29 is 19.2 Å². The van der Waals surface area contributed by atoms with Crippen LogP contribution in [0.1, 0.15) is 47.4 Å². The Morgan fingerprint density at radius 1 is 1.37 bits per heavy atom. The molecule has 2 aromatic rings. The normalized spacial score (nSPS) is 11.9. The predicted octanol–water partition coefficient (Wildman–Crippen LogP) is 2.32. The highest BCUT2D eigenvalue weighted by atomic mass is 32.1. The van der Waals surface area contributed by atoms with Gasteiger partial charge in [-0.15, -0.1) is 11.3 Å². The maximum Gasteiger partial charge on any atom is 0.308 e. The summed E-state index contributed by atoms with van der Waals surface area (Å²) in [5.74, 6) is -1.12. The molecule has 27 heavy (non-hydrogen) atoms. The molecular weight excluding hydrogens is 372 g/mol. The second kappa shape index (κ2) is 9.19. The lowest BCUT2D eigenvalue weighted by atomic mass is 10.0. The Morgan fingerprint density at radius 3 is 2.67 bits per heavy atom. The molecule has 9 nitrogen and oxygen atoms in total. The van der Waals surface area contributed by atoms with E-state index in [-0.39, 0.29) is 36.0 Å². The van der Waals surface area contributed by atoms with Crippen molar-refractivity contribution in [3.63, 3.8) is 0 Å². The Morgan fingerprint density at radius 2 is 2.07 bits per heavy atom. The number of ether oxygens (including phenoxy) is 1. The lowest BCUT2D eigenvalue weighted by molar-refractivity contribution is -0.385. The molecule has 1 unspecified atom stereocenters. The Bertz CT molecular complexity index is 836. The van der Waals surface area contributed by atoms with E-state index in [9.17, 15) is 19.7 Å². The van der Waals surface area contributed by atoms with Crippen molar-refractivity contribution in [3.8, 4) is 0 Å². The first kappa shape index (κ1) is 20.5. The number of rotatable bonds is 8. The molecule has 0 saturated heterocycles. The van der Waals surface area contributed by atoms with Crippen LogP contribution in [0.3, 0.4) is 0 Å². The SMILES string of the molecule is CC(C)OC(=O)CC(NC(=O)c1csc(CN)n1)c1ccccc1[N+](=O)[O-]. The number of hydrogen-bond acceptors (Lipinski definition) is 8. The molecule has 1 heterocycles. The van der Waals surface area contributed by atoms with Crippen molar-refractivity contribution in [1.82, 2.24) is 10.3 Å². The number of hydrogen-bond donors (Lipinski definition) is 2. The van der Waals surface area contributed by atoms with E-state index in [1.165, 1.54) is 29.5 Å². The van der Waals surface area contributed by atoms with Crippen molar-refractivity contribution in [3.05, 3.63) is 56.0 Å². The second-order valence-electron chi connectivity index (χ2n) is 5.92. The number of nitrogens with zero attached hydrogens (tertiary/aromatic N) is 2. The summed E-state index contributed by atoms with van der Waals surface area (Å²) in [6.45, 7) is 3.59. The van der Waals surface area contributed by atoms with Crippen LogP contribution in [0, 0.1) is 10.1 Å². The number of aromatic nitrogens is 1. The highest BCUT2D eigenvalue weighted by molar-refractivity contribution is 7.09. The number of carbonyl (C=O) groups is 2. The van der Waals surface area contributed by atoms with Crippen molar-refractivity contribution in [2.75, 3.05) is 0 Å². The summed E-state index contributed by atoms with van der Waals surface area (Å²) < 4.78 is 5.12. The van der Waals surface area contributed by atoms with Gasteiger partial charge < -0.3 is 15.8 Å². The fourth-order valence-corrected chi connectivity index (χ4v) is 3.06. The minimum atomic E-state index is -0.937. The Kier molecular flexibility index (Phi) is 6.97. The summed E-state index contributed by atoms with van der Waals surface area (Å²) in [4.78, 5) is 39.5. The van der Waals surface area contributed by atoms with Crippen LogP contribution in [-0.2, 0) is 16.1 Å². The number of carbonyl (C=O) groups excluding carboxylic acids is 2. The molecule has 0 aliphatic rings. The molecule has 2 rings (SSSR count). The lowest BCUT2D eigenvalue weighted by Gasteiger charge is -2.19. The third-order valence-electron chi connectivity index (χ3n) is 3.51. The minimum absolute atomic E-state index is 0.140. The van der Waals surface area contributed by atoms with Gasteiger partial charge in [-0.1, -0.05) is 18.2 Å². The topological polar surface area (TPSA) is 137 Å². The zero-order valence-electron chi connectivity index (χ0n) is 14.9. The molecule has 0 fully saturated rings. The van der Waals surface area contributed by atoms with E-state index in [0.717, 1.165) is 0 Å². The van der Waals surface area contributed by atoms with E-state index in [0.29, 0.717) is 5.01 Å². The maximum absolute atomic E-state index is 12.5. The fourth-order valence-electron chi connectivity index (χ4n) is 2.41. The number of nitrogens with two attached hydrogens (primary N) is 1. The number of nitrogens with one attached hydrogen (secondary N) is 1. The first-order valence-corrected chi connectivity index (χ1v) is 9.08. The van der Waals surface area contributed by atoms with Gasteiger partial charge in [-0.3, -0.25) is 19.7 Å². The van der Waals surface area contributed by atoms with E-state index in [1.807, 2.05) is 0 Å². The molecule has 0 saturated carbocycles. The molecule has 0 aliphatic heterocycles. The number of nitro groups is 1. The van der Waals surface area contributed by atoms with Gasteiger partial charge in [-0.05, 0) is 13.8 Å². The van der Waals surface area contributed by atoms with Crippen LogP contribution in [0.25, 0.3) is 0 Å². The third-order valence-corrected chi connectivity index (χ3v) is 4.38. The van der Waals surface area contributed by atoms with E-state index in [1.54, 1.807) is 25.3 Å². The van der Waals surface area contributed by atoms with Gasteiger partial charge in [0.15, 0.2) is 0 Å². The summed E-state index contributed by atoms with van der Waals surface area (Å²) in [6.07, 6.45) is -0.590. The summed E-state index contributed by atoms with van der Waals surface area (Å²) >= 11 is 1.23. The monoisotopic (exact) mass is 392 g/mol. The summed E-state index contributed by atoms with van der Waals surface area (Å²) in [5.41, 5.74) is 5.66. The van der Waals surface area contributed by atoms with Crippen molar-refractivity contribution >= 4 is 28.9 Å². The Balaban J connectivity index is 2.31. The number of amides is 1. The second-order valence-corrected chi connectivity index (χ2v) is 6.86. The number of esters is 1. The highest BCUT2D eigenvalue weighted by Crippen LogP contribution is 2.28. The fraction of sp³-hybridized carbons (Fsp3) is 0.353. The summed E-state index contributed by atoms with van der Waals surface area (Å²) in [7, 11) is 0. The molecule has 1 aromatic carbocycles. The molecule has 1 atom stereocenters. The smallest absolute Gasteiger partial charge is 0.308 e. The van der Waals surface area contributed by atoms with Gasteiger partial charge in [0.2, 0.25) is 0 Å². The molecule has 1 amide bonds. The van der Waals surface area contributed by atoms with Gasteiger partial charge in [-0.2, -0.15) is 0 Å². The average Bonchev–Trinajstić information content (AvgIpc) is 3.09. The number of para-hydroxylation sites is 1. The lowest BCUT2D eigenvalue weighted by Crippen LogP contribution is -2.31. The molecule has 10 heteroatoms. The maximum atomic E-state index is 12.5. The highest BCUT2D eigenvalue weighted by Gasteiger charge is 2.27. The van der Waals surface area contributed by atoms with Gasteiger partial charge in [0.25, 0.3) is 11.6 Å². The molecule has 0 spiro atoms. The molecule has 1 aromatic heterocycles. The summed E-state index contributed by atoms with van der Waals surface area (Å²) in [6, 6.07) is 5.00. The number of thiazole rings is 1. The van der Waals surface area contributed by atoms with Crippen molar-refractivity contribution in [2.45, 2.75) is 39.0 Å². The van der Waals surface area contributed by atoms with Crippen LogP contribution in [0.5, 0.6) is 0 Å². The zero-order valence-corrected chi connectivity index (χ0v) is 15.7. The standard InChI is InChI=1S/C17H20N4O5S/c1-10(2)26-16(22)7-12(11-5-3-4-6-14(11)21(24)25)20-17(23)13-9-27-15(8-18)19-13/h3-6,9-10,12H,7-8,18H2,1-2H3,(H,20,23). The quantitative estimate of drug-likeness (QED) is 0.399. The largest absolute Gasteiger partial charge is 0.463 e. The molecule has 0 bridgehead atoms. The number of nitro benzene ring substituents is 1. The third kappa shape index (κ3) is 5.56. The molecule has 3 N–H and O–H groups in total. The van der Waals surface area contributed by atoms with Crippen LogP contribution in [0.4, 0.5) is 5.69 Å². The molecule has 144 valence electrons. The van der Waals surface area contributed by atoms with Crippen molar-refractivity contribution in [1.29, 1.82) is 0 Å². The molecule has 0 radical (unpaired) electrons. The van der Waals surface area contributed by atoms with E-state index < -0.39 is 22.8 Å². The van der Waals surface area contributed by atoms with E-state index >= 15 is 0 Å². The first-order valence-electron chi connectivity index (χ1n) is 8.20. The predicted molar refractivity (Wildman–Crippen MR) is 99.2 cm³/mol. The first-order chi connectivity index (χ1) is 12.8. The van der Waals surface area contributed by atoms with E-state index in [2.05, 4.69) is 10.3 Å². The van der Waals surface area contributed by atoms with Crippen molar-refractivity contribution in [2.24, 2.45) is 5.73 Å². The van der Waals surface area contributed by atoms with E-state index in [4.69, 9.17) is 10.5 Å². The Hall–Kier alpha value is -2.85. The van der Waals surface area contributed by atoms with Gasteiger partial charge in [0, 0.05) is 18.0 Å². The zero-order chi connectivity index (χ0) is 20.0. The summed E-state index contributed by atoms with van der Waals surface area (Å²) in [5, 5.41) is 16.1. The van der Waals surface area contributed by atoms with Crippen LogP contribution in [0.15, 0.2) is 29.6 Å². The van der Waals surface area contributed by atoms with Gasteiger partial charge in [0.05, 0.1) is 29.1 Å². The van der Waals surface area contributed by atoms with Gasteiger partial charge >= 0.3 is 5.97 Å². The van der Waals surface area contributed by atoms with Crippen LogP contribution < -0.4 is 11.1 Å². The average molecular weight is 392 g/mol. The van der Waals surface area contributed by atoms with Crippen LogP contribution >= 0.6 is 11.3 Å². The Labute approximate surface area is 159 Å².